The number of carbonyl (C=O) groups excluding carboxylic acids is 1. The maximum atomic E-state index is 12.3. The second kappa shape index (κ2) is 9.36. The number of hydrogen-bond donors (Lipinski definition) is 2. The number of carbonyl (C=O) groups is 1. The van der Waals surface area contributed by atoms with Crippen LogP contribution in [-0.2, 0) is 6.42 Å². The van der Waals surface area contributed by atoms with Gasteiger partial charge >= 0.3 is 0 Å². The summed E-state index contributed by atoms with van der Waals surface area (Å²) in [6.07, 6.45) is 3.67. The fourth-order valence-electron chi connectivity index (χ4n) is 2.64. The summed E-state index contributed by atoms with van der Waals surface area (Å²) in [6.45, 7) is 0.491. The van der Waals surface area contributed by atoms with Crippen molar-refractivity contribution in [3.05, 3.63) is 72.1 Å². The van der Waals surface area contributed by atoms with Gasteiger partial charge in [-0.3, -0.25) is 4.79 Å². The maximum absolute atomic E-state index is 12.3. The minimum absolute atomic E-state index is 0.217. The molecule has 0 radical (unpaired) electrons. The summed E-state index contributed by atoms with van der Waals surface area (Å²) in [5.74, 6) is 1.78. The largest absolute Gasteiger partial charge is 0.497 e. The van der Waals surface area contributed by atoms with Crippen LogP contribution >= 0.6 is 0 Å². The van der Waals surface area contributed by atoms with Gasteiger partial charge in [0.05, 0.1) is 19.8 Å². The fraction of sp³-hybridized carbons (Fsp3) is 0.190. The van der Waals surface area contributed by atoms with E-state index in [1.165, 1.54) is 12.4 Å². The average molecular weight is 378 g/mol. The number of nitrogens with zero attached hydrogens (tertiary/aromatic N) is 2. The molecule has 0 aliphatic carbocycles. The number of ether oxygens (including phenoxy) is 2. The van der Waals surface area contributed by atoms with Crippen LogP contribution in [0.5, 0.6) is 11.5 Å². The summed E-state index contributed by atoms with van der Waals surface area (Å²) in [4.78, 5) is 20.7. The molecule has 0 unspecified atom stereocenters. The second-order valence-electron chi connectivity index (χ2n) is 5.97. The molecule has 3 rings (SSSR count). The Morgan fingerprint density at radius 3 is 2.36 bits per heavy atom. The fourth-order valence-corrected chi connectivity index (χ4v) is 2.64. The number of methoxy groups -OCH3 is 2. The van der Waals surface area contributed by atoms with Crippen LogP contribution in [0.4, 0.5) is 11.6 Å². The van der Waals surface area contributed by atoms with Crippen molar-refractivity contribution in [2.45, 2.75) is 6.42 Å². The third-order valence-corrected chi connectivity index (χ3v) is 4.13. The van der Waals surface area contributed by atoms with Crippen LogP contribution in [0.2, 0.25) is 0 Å². The van der Waals surface area contributed by atoms with E-state index in [-0.39, 0.29) is 5.91 Å². The van der Waals surface area contributed by atoms with Crippen molar-refractivity contribution in [3.63, 3.8) is 0 Å². The predicted molar refractivity (Wildman–Crippen MR) is 107 cm³/mol. The van der Waals surface area contributed by atoms with Crippen molar-refractivity contribution in [3.8, 4) is 11.5 Å². The molecule has 0 spiro atoms. The van der Waals surface area contributed by atoms with Crippen LogP contribution in [0.15, 0.2) is 60.9 Å². The third-order valence-electron chi connectivity index (χ3n) is 4.13. The van der Waals surface area contributed by atoms with Crippen molar-refractivity contribution >= 4 is 17.5 Å². The SMILES string of the molecule is COc1ccc(Nc2ncc(C(=O)NCCc3ccccc3OC)cn2)cc1. The van der Waals surface area contributed by atoms with Crippen molar-refractivity contribution in [2.75, 3.05) is 26.1 Å². The zero-order chi connectivity index (χ0) is 19.8. The van der Waals surface area contributed by atoms with Crippen molar-refractivity contribution < 1.29 is 14.3 Å². The molecule has 0 saturated carbocycles. The molecular weight excluding hydrogens is 356 g/mol. The van der Waals surface area contributed by atoms with Gasteiger partial charge in [0.1, 0.15) is 11.5 Å². The van der Waals surface area contributed by atoms with Gasteiger partial charge in [0.15, 0.2) is 0 Å². The summed E-state index contributed by atoms with van der Waals surface area (Å²) < 4.78 is 10.4. The second-order valence-corrected chi connectivity index (χ2v) is 5.97. The van der Waals surface area contributed by atoms with E-state index in [2.05, 4.69) is 20.6 Å². The Balaban J connectivity index is 1.53. The smallest absolute Gasteiger partial charge is 0.254 e. The van der Waals surface area contributed by atoms with E-state index < -0.39 is 0 Å². The Morgan fingerprint density at radius 2 is 1.68 bits per heavy atom. The molecule has 1 amide bonds. The van der Waals surface area contributed by atoms with Crippen LogP contribution < -0.4 is 20.1 Å². The summed E-state index contributed by atoms with van der Waals surface area (Å²) in [5.41, 5.74) is 2.27. The first kappa shape index (κ1) is 19.2. The molecular formula is C21H22N4O3. The van der Waals surface area contributed by atoms with Crippen molar-refractivity contribution in [2.24, 2.45) is 0 Å². The predicted octanol–water partition coefficient (Wildman–Crippen LogP) is 3.21. The van der Waals surface area contributed by atoms with Gasteiger partial charge in [-0.05, 0) is 42.3 Å². The monoisotopic (exact) mass is 378 g/mol. The summed E-state index contributed by atoms with van der Waals surface area (Å²) >= 11 is 0. The van der Waals surface area contributed by atoms with Crippen molar-refractivity contribution in [1.82, 2.24) is 15.3 Å². The van der Waals surface area contributed by atoms with Gasteiger partial charge in [0.2, 0.25) is 5.95 Å². The van der Waals surface area contributed by atoms with Crippen molar-refractivity contribution in [1.29, 1.82) is 0 Å². The Hall–Kier alpha value is -3.61. The molecule has 7 heteroatoms. The lowest BCUT2D eigenvalue weighted by Gasteiger charge is -2.09. The number of anilines is 2. The zero-order valence-electron chi connectivity index (χ0n) is 15.8. The van der Waals surface area contributed by atoms with E-state index in [0.29, 0.717) is 24.5 Å². The van der Waals surface area contributed by atoms with Gasteiger partial charge in [0, 0.05) is 24.6 Å². The standard InChI is InChI=1S/C21H22N4O3/c1-27-18-9-7-17(8-10-18)25-21-23-13-16(14-24-21)20(26)22-12-11-15-5-3-4-6-19(15)28-2/h3-10,13-14H,11-12H2,1-2H3,(H,22,26)(H,23,24,25). The van der Waals surface area contributed by atoms with Gasteiger partial charge in [-0.1, -0.05) is 18.2 Å². The average Bonchev–Trinajstić information content (AvgIpc) is 2.75. The number of rotatable bonds is 8. The summed E-state index contributed by atoms with van der Waals surface area (Å²) in [7, 11) is 3.25. The highest BCUT2D eigenvalue weighted by molar-refractivity contribution is 5.93. The highest BCUT2D eigenvalue weighted by Gasteiger charge is 2.08. The number of para-hydroxylation sites is 1. The molecule has 28 heavy (non-hydrogen) atoms. The van der Waals surface area contributed by atoms with Crippen LogP contribution in [0, 0.1) is 0 Å². The van der Waals surface area contributed by atoms with E-state index in [9.17, 15) is 4.79 Å². The van der Waals surface area contributed by atoms with Crippen LogP contribution in [-0.4, -0.2) is 36.6 Å². The molecule has 1 heterocycles. The van der Waals surface area contributed by atoms with Gasteiger partial charge in [0.25, 0.3) is 5.91 Å². The lowest BCUT2D eigenvalue weighted by atomic mass is 10.1. The van der Waals surface area contributed by atoms with E-state index in [1.54, 1.807) is 14.2 Å². The molecule has 3 aromatic rings. The first-order valence-corrected chi connectivity index (χ1v) is 8.83. The number of aromatic nitrogens is 2. The highest BCUT2D eigenvalue weighted by Crippen LogP contribution is 2.18. The topological polar surface area (TPSA) is 85.4 Å². The van der Waals surface area contributed by atoms with Crippen LogP contribution in [0.25, 0.3) is 0 Å². The molecule has 0 fully saturated rings. The molecule has 0 aliphatic rings. The molecule has 7 nitrogen and oxygen atoms in total. The Morgan fingerprint density at radius 1 is 0.964 bits per heavy atom. The Kier molecular flexibility index (Phi) is 6.41. The normalized spacial score (nSPS) is 10.2. The number of hydrogen-bond acceptors (Lipinski definition) is 6. The van der Waals surface area contributed by atoms with Gasteiger partial charge in [-0.2, -0.15) is 0 Å². The molecule has 0 saturated heterocycles. The quantitative estimate of drug-likeness (QED) is 0.626. The number of benzene rings is 2. The maximum Gasteiger partial charge on any atom is 0.254 e. The van der Waals surface area contributed by atoms with Gasteiger partial charge in [-0.25, -0.2) is 9.97 Å². The van der Waals surface area contributed by atoms with Crippen LogP contribution in [0.3, 0.4) is 0 Å². The summed E-state index contributed by atoms with van der Waals surface area (Å²) in [5, 5.41) is 5.95. The van der Waals surface area contributed by atoms with Gasteiger partial charge in [-0.15, -0.1) is 0 Å². The molecule has 0 atom stereocenters. The molecule has 2 aromatic carbocycles. The van der Waals surface area contributed by atoms with E-state index in [0.717, 1.165) is 22.7 Å². The third kappa shape index (κ3) is 4.97. The van der Waals surface area contributed by atoms with E-state index >= 15 is 0 Å². The number of amides is 1. The first-order chi connectivity index (χ1) is 13.7. The minimum Gasteiger partial charge on any atom is -0.497 e. The lowest BCUT2D eigenvalue weighted by Crippen LogP contribution is -2.26. The zero-order valence-corrected chi connectivity index (χ0v) is 15.8. The van der Waals surface area contributed by atoms with Crippen LogP contribution in [0.1, 0.15) is 15.9 Å². The van der Waals surface area contributed by atoms with Gasteiger partial charge < -0.3 is 20.1 Å². The lowest BCUT2D eigenvalue weighted by molar-refractivity contribution is 0.0953. The molecule has 0 aliphatic heterocycles. The van der Waals surface area contributed by atoms with E-state index in [1.807, 2.05) is 48.5 Å². The summed E-state index contributed by atoms with van der Waals surface area (Å²) in [6, 6.07) is 15.1. The minimum atomic E-state index is -0.217. The molecule has 0 bridgehead atoms. The molecule has 144 valence electrons. The molecule has 1 aromatic heterocycles. The molecule has 2 N–H and O–H groups in total. The highest BCUT2D eigenvalue weighted by atomic mass is 16.5. The Labute approximate surface area is 163 Å². The Bertz CT molecular complexity index is 912. The number of nitrogens with one attached hydrogen (secondary N) is 2. The first-order valence-electron chi connectivity index (χ1n) is 8.83. The van der Waals surface area contributed by atoms with E-state index in [4.69, 9.17) is 9.47 Å².